The van der Waals surface area contributed by atoms with Gasteiger partial charge in [-0.1, -0.05) is 24.3 Å². The van der Waals surface area contributed by atoms with Crippen LogP contribution in [0, 0.1) is 10.1 Å². The van der Waals surface area contributed by atoms with Crippen LogP contribution >= 0.6 is 11.6 Å². The second kappa shape index (κ2) is 6.85. The summed E-state index contributed by atoms with van der Waals surface area (Å²) in [4.78, 5) is 22.2. The van der Waals surface area contributed by atoms with Gasteiger partial charge in [0.25, 0.3) is 11.6 Å². The molecule has 1 N–H and O–H groups in total. The first-order chi connectivity index (χ1) is 10.1. The second-order valence-electron chi connectivity index (χ2n) is 4.44. The van der Waals surface area contributed by atoms with Crippen molar-refractivity contribution in [2.24, 2.45) is 0 Å². The van der Waals surface area contributed by atoms with E-state index in [2.05, 4.69) is 5.32 Å². The van der Waals surface area contributed by atoms with Gasteiger partial charge in [0, 0.05) is 30.1 Å². The number of nitro groups is 1. The van der Waals surface area contributed by atoms with Gasteiger partial charge in [-0.25, -0.2) is 0 Å². The Bertz CT molecular complexity index is 656. The van der Waals surface area contributed by atoms with Crippen molar-refractivity contribution >= 4 is 23.2 Å². The summed E-state index contributed by atoms with van der Waals surface area (Å²) in [5, 5.41) is 13.4. The quantitative estimate of drug-likeness (QED) is 0.523. The van der Waals surface area contributed by atoms with E-state index in [1.54, 1.807) is 36.4 Å². The molecule has 6 heteroatoms. The minimum Gasteiger partial charge on any atom is -0.348 e. The summed E-state index contributed by atoms with van der Waals surface area (Å²) in [5.41, 5.74) is 2.14. The molecule has 2 rings (SSSR count). The molecule has 0 unspecified atom stereocenters. The fourth-order valence-corrected chi connectivity index (χ4v) is 1.99. The Balaban J connectivity index is 2.00. The molecule has 2 aromatic rings. The zero-order chi connectivity index (χ0) is 15.2. The number of hydrogen-bond acceptors (Lipinski definition) is 3. The number of halogens is 1. The van der Waals surface area contributed by atoms with Crippen LogP contribution in [0.25, 0.3) is 0 Å². The van der Waals surface area contributed by atoms with E-state index < -0.39 is 4.92 Å². The maximum Gasteiger partial charge on any atom is 0.269 e. The van der Waals surface area contributed by atoms with Crippen LogP contribution in [-0.4, -0.2) is 10.8 Å². The number of rotatable bonds is 5. The molecule has 0 saturated heterocycles. The SMILES string of the molecule is O=C(NCc1cccc([N+](=O)[O-])c1)c1ccc(CCl)cc1. The van der Waals surface area contributed by atoms with Crippen molar-refractivity contribution in [1.29, 1.82) is 0 Å². The van der Waals surface area contributed by atoms with E-state index in [4.69, 9.17) is 11.6 Å². The minimum absolute atomic E-state index is 0.00761. The first-order valence-corrected chi connectivity index (χ1v) is 6.80. The maximum atomic E-state index is 12.0. The highest BCUT2D eigenvalue weighted by Gasteiger charge is 2.08. The Morgan fingerprint density at radius 1 is 1.14 bits per heavy atom. The fraction of sp³-hybridized carbons (Fsp3) is 0.133. The van der Waals surface area contributed by atoms with Gasteiger partial charge in [-0.2, -0.15) is 0 Å². The third-order valence-corrected chi connectivity index (χ3v) is 3.25. The summed E-state index contributed by atoms with van der Waals surface area (Å²) in [7, 11) is 0. The predicted octanol–water partition coefficient (Wildman–Crippen LogP) is 3.26. The van der Waals surface area contributed by atoms with E-state index >= 15 is 0 Å². The number of carbonyl (C=O) groups excluding carboxylic acids is 1. The van der Waals surface area contributed by atoms with E-state index in [0.717, 1.165) is 5.56 Å². The van der Waals surface area contributed by atoms with E-state index in [1.165, 1.54) is 12.1 Å². The lowest BCUT2D eigenvalue weighted by atomic mass is 10.1. The Labute approximate surface area is 126 Å². The highest BCUT2D eigenvalue weighted by Crippen LogP contribution is 2.13. The van der Waals surface area contributed by atoms with Gasteiger partial charge in [0.15, 0.2) is 0 Å². The number of carbonyl (C=O) groups is 1. The maximum absolute atomic E-state index is 12.0. The van der Waals surface area contributed by atoms with Crippen LogP contribution in [0.4, 0.5) is 5.69 Å². The van der Waals surface area contributed by atoms with Crippen LogP contribution in [0.5, 0.6) is 0 Å². The Hall–Kier alpha value is -2.40. The van der Waals surface area contributed by atoms with Gasteiger partial charge in [-0.3, -0.25) is 14.9 Å². The average Bonchev–Trinajstić information content (AvgIpc) is 2.53. The number of alkyl halides is 1. The minimum atomic E-state index is -0.462. The molecule has 108 valence electrons. The Kier molecular flexibility index (Phi) is 4.90. The van der Waals surface area contributed by atoms with Crippen LogP contribution < -0.4 is 5.32 Å². The molecule has 0 spiro atoms. The van der Waals surface area contributed by atoms with Crippen LogP contribution in [0.1, 0.15) is 21.5 Å². The first kappa shape index (κ1) is 15.0. The average molecular weight is 305 g/mol. The van der Waals surface area contributed by atoms with Gasteiger partial charge in [0.05, 0.1) is 4.92 Å². The van der Waals surface area contributed by atoms with Crippen LogP contribution in [-0.2, 0) is 12.4 Å². The summed E-state index contributed by atoms with van der Waals surface area (Å²) < 4.78 is 0. The summed E-state index contributed by atoms with van der Waals surface area (Å²) in [6.45, 7) is 0.234. The summed E-state index contributed by atoms with van der Waals surface area (Å²) >= 11 is 5.68. The molecule has 0 aliphatic carbocycles. The van der Waals surface area contributed by atoms with Gasteiger partial charge >= 0.3 is 0 Å². The molecule has 0 fully saturated rings. The summed E-state index contributed by atoms with van der Waals surface area (Å²) in [5.74, 6) is 0.165. The lowest BCUT2D eigenvalue weighted by Crippen LogP contribution is -2.22. The molecule has 1 amide bonds. The number of nitro benzene ring substituents is 1. The molecule has 21 heavy (non-hydrogen) atoms. The number of amides is 1. The van der Waals surface area contributed by atoms with Crippen LogP contribution in [0.3, 0.4) is 0 Å². The third kappa shape index (κ3) is 4.03. The van der Waals surface area contributed by atoms with E-state index in [9.17, 15) is 14.9 Å². The molecule has 0 bridgehead atoms. The van der Waals surface area contributed by atoms with Crippen molar-refractivity contribution in [3.8, 4) is 0 Å². The number of hydrogen-bond donors (Lipinski definition) is 1. The topological polar surface area (TPSA) is 72.2 Å². The van der Waals surface area contributed by atoms with Crippen molar-refractivity contribution in [3.63, 3.8) is 0 Å². The van der Waals surface area contributed by atoms with Crippen LogP contribution in [0.15, 0.2) is 48.5 Å². The number of nitrogens with one attached hydrogen (secondary N) is 1. The van der Waals surface area contributed by atoms with E-state index in [0.29, 0.717) is 17.0 Å². The molecule has 0 atom stereocenters. The smallest absolute Gasteiger partial charge is 0.269 e. The zero-order valence-electron chi connectivity index (χ0n) is 11.1. The normalized spacial score (nSPS) is 10.1. The van der Waals surface area contributed by atoms with E-state index in [-0.39, 0.29) is 18.1 Å². The number of non-ortho nitro benzene ring substituents is 1. The summed E-state index contributed by atoms with van der Waals surface area (Å²) in [6, 6.07) is 13.1. The largest absolute Gasteiger partial charge is 0.348 e. The Morgan fingerprint density at radius 2 is 1.86 bits per heavy atom. The van der Waals surface area contributed by atoms with Gasteiger partial charge in [-0.05, 0) is 23.3 Å². The number of nitrogens with zero attached hydrogens (tertiary/aromatic N) is 1. The van der Waals surface area contributed by atoms with Crippen molar-refractivity contribution in [2.45, 2.75) is 12.4 Å². The van der Waals surface area contributed by atoms with Crippen molar-refractivity contribution in [3.05, 3.63) is 75.3 Å². The monoisotopic (exact) mass is 304 g/mol. The number of benzene rings is 2. The second-order valence-corrected chi connectivity index (χ2v) is 4.71. The predicted molar refractivity (Wildman–Crippen MR) is 80.3 cm³/mol. The van der Waals surface area contributed by atoms with Gasteiger partial charge in [-0.15, -0.1) is 11.6 Å². The fourth-order valence-electron chi connectivity index (χ4n) is 1.81. The molecular formula is C15H13ClN2O3. The molecule has 0 heterocycles. The zero-order valence-corrected chi connectivity index (χ0v) is 11.8. The van der Waals surface area contributed by atoms with Gasteiger partial charge in [0.2, 0.25) is 0 Å². The third-order valence-electron chi connectivity index (χ3n) is 2.94. The Morgan fingerprint density at radius 3 is 2.48 bits per heavy atom. The van der Waals surface area contributed by atoms with Crippen molar-refractivity contribution < 1.29 is 9.72 Å². The molecule has 0 aliphatic rings. The molecule has 0 saturated carbocycles. The lowest BCUT2D eigenvalue weighted by Gasteiger charge is -2.06. The standard InChI is InChI=1S/C15H13ClN2O3/c16-9-11-4-6-13(7-5-11)15(19)17-10-12-2-1-3-14(8-12)18(20)21/h1-8H,9-10H2,(H,17,19). The van der Waals surface area contributed by atoms with Gasteiger partial charge in [0.1, 0.15) is 0 Å². The molecule has 0 aromatic heterocycles. The van der Waals surface area contributed by atoms with Crippen LogP contribution in [0.2, 0.25) is 0 Å². The van der Waals surface area contributed by atoms with Gasteiger partial charge < -0.3 is 5.32 Å². The lowest BCUT2D eigenvalue weighted by molar-refractivity contribution is -0.384. The molecule has 0 radical (unpaired) electrons. The molecule has 0 aliphatic heterocycles. The molecule has 2 aromatic carbocycles. The van der Waals surface area contributed by atoms with Crippen molar-refractivity contribution in [1.82, 2.24) is 5.32 Å². The highest BCUT2D eigenvalue weighted by molar-refractivity contribution is 6.17. The first-order valence-electron chi connectivity index (χ1n) is 6.26. The van der Waals surface area contributed by atoms with E-state index in [1.807, 2.05) is 0 Å². The van der Waals surface area contributed by atoms with Crippen molar-refractivity contribution in [2.75, 3.05) is 0 Å². The molecular weight excluding hydrogens is 292 g/mol. The highest BCUT2D eigenvalue weighted by atomic mass is 35.5. The molecule has 5 nitrogen and oxygen atoms in total. The summed E-state index contributed by atoms with van der Waals surface area (Å²) in [6.07, 6.45) is 0.